The SMILES string of the molecule is Cc1ccc(C2=c3ccc4c(c3CCC2=O)CC=c2ccccc2=4)cc1OCc1ccccc1. The van der Waals surface area contributed by atoms with Gasteiger partial charge in [-0.05, 0) is 74.5 Å². The van der Waals surface area contributed by atoms with Gasteiger partial charge >= 0.3 is 0 Å². The van der Waals surface area contributed by atoms with Crippen LogP contribution in [0.5, 0.6) is 5.75 Å². The summed E-state index contributed by atoms with van der Waals surface area (Å²) in [6.07, 6.45) is 4.58. The number of Topliss-reactive ketones (excluding diaryl/α,β-unsaturated/α-hetero) is 1. The van der Waals surface area contributed by atoms with Crippen LogP contribution in [0.15, 0.2) is 84.9 Å². The molecule has 0 saturated heterocycles. The summed E-state index contributed by atoms with van der Waals surface area (Å²) in [5, 5.41) is 4.98. The lowest BCUT2D eigenvalue weighted by molar-refractivity contribution is -0.113. The Bertz CT molecular complexity index is 1650. The first kappa shape index (κ1) is 20.7. The molecule has 6 rings (SSSR count). The van der Waals surface area contributed by atoms with Gasteiger partial charge in [0.15, 0.2) is 5.78 Å². The van der Waals surface area contributed by atoms with Crippen molar-refractivity contribution in [2.24, 2.45) is 0 Å². The summed E-state index contributed by atoms with van der Waals surface area (Å²) >= 11 is 0. The lowest BCUT2D eigenvalue weighted by Gasteiger charge is -2.21. The number of benzene rings is 4. The fraction of sp³-hybridized carbons (Fsp3) is 0.156. The van der Waals surface area contributed by atoms with Gasteiger partial charge in [-0.25, -0.2) is 0 Å². The second-order valence-electron chi connectivity index (χ2n) is 9.17. The molecule has 0 fully saturated rings. The van der Waals surface area contributed by atoms with E-state index in [1.807, 2.05) is 24.3 Å². The number of ether oxygens (including phenoxy) is 1. The van der Waals surface area contributed by atoms with Crippen molar-refractivity contribution in [1.29, 1.82) is 0 Å². The molecule has 166 valence electrons. The third kappa shape index (κ3) is 3.56. The predicted molar refractivity (Wildman–Crippen MR) is 136 cm³/mol. The van der Waals surface area contributed by atoms with Crippen molar-refractivity contribution in [2.45, 2.75) is 32.8 Å². The summed E-state index contributed by atoms with van der Waals surface area (Å²) in [7, 11) is 0. The van der Waals surface area contributed by atoms with Crippen LogP contribution in [0.2, 0.25) is 0 Å². The number of carbonyl (C=O) groups is 1. The predicted octanol–water partition coefficient (Wildman–Crippen LogP) is 4.91. The van der Waals surface area contributed by atoms with Gasteiger partial charge in [0, 0.05) is 12.0 Å². The van der Waals surface area contributed by atoms with Gasteiger partial charge in [0.2, 0.25) is 0 Å². The summed E-state index contributed by atoms with van der Waals surface area (Å²) < 4.78 is 6.18. The van der Waals surface area contributed by atoms with E-state index in [-0.39, 0.29) is 5.78 Å². The molecule has 2 aliphatic carbocycles. The molecule has 4 aromatic carbocycles. The van der Waals surface area contributed by atoms with Gasteiger partial charge in [-0.2, -0.15) is 0 Å². The van der Waals surface area contributed by atoms with Crippen LogP contribution in [-0.4, -0.2) is 5.78 Å². The first-order valence-corrected chi connectivity index (χ1v) is 11.9. The van der Waals surface area contributed by atoms with Crippen molar-refractivity contribution < 1.29 is 9.53 Å². The van der Waals surface area contributed by atoms with E-state index in [1.54, 1.807) is 0 Å². The maximum atomic E-state index is 13.2. The van der Waals surface area contributed by atoms with Crippen molar-refractivity contribution in [3.8, 4) is 5.75 Å². The average molecular weight is 443 g/mol. The Balaban J connectivity index is 1.50. The fourth-order valence-corrected chi connectivity index (χ4v) is 5.31. The molecule has 0 saturated carbocycles. The summed E-state index contributed by atoms with van der Waals surface area (Å²) in [5.41, 5.74) is 6.66. The van der Waals surface area contributed by atoms with E-state index in [1.165, 1.54) is 26.8 Å². The lowest BCUT2D eigenvalue weighted by Crippen LogP contribution is -2.27. The van der Waals surface area contributed by atoms with Crippen LogP contribution in [-0.2, 0) is 24.2 Å². The van der Waals surface area contributed by atoms with Gasteiger partial charge in [-0.3, -0.25) is 4.79 Å². The van der Waals surface area contributed by atoms with Gasteiger partial charge < -0.3 is 4.74 Å². The van der Waals surface area contributed by atoms with Gasteiger partial charge in [0.1, 0.15) is 12.4 Å². The van der Waals surface area contributed by atoms with E-state index in [9.17, 15) is 4.79 Å². The standard InChI is InChI=1S/C32H26O2/c1-21-11-12-24(19-31(21)34-20-22-7-3-2-4-8-22)32-29-16-15-26-25-10-6-5-9-23(25)13-14-27(26)28(29)17-18-30(32)33/h2-13,15-16,19H,14,17-18,20H2,1H3. The molecule has 2 aliphatic rings. The first-order valence-electron chi connectivity index (χ1n) is 11.9. The minimum Gasteiger partial charge on any atom is -0.489 e. The van der Waals surface area contributed by atoms with Gasteiger partial charge in [-0.1, -0.05) is 84.9 Å². The second-order valence-corrected chi connectivity index (χ2v) is 9.17. The smallest absolute Gasteiger partial charge is 0.164 e. The number of hydrogen-bond acceptors (Lipinski definition) is 2. The third-order valence-corrected chi connectivity index (χ3v) is 7.07. The zero-order chi connectivity index (χ0) is 23.1. The molecule has 0 unspecified atom stereocenters. The second kappa shape index (κ2) is 8.46. The first-order chi connectivity index (χ1) is 16.7. The van der Waals surface area contributed by atoms with E-state index in [0.717, 1.165) is 46.1 Å². The molecule has 0 spiro atoms. The highest BCUT2D eigenvalue weighted by atomic mass is 16.5. The Hall–Kier alpha value is -3.91. The van der Waals surface area contributed by atoms with Crippen LogP contribution in [0.1, 0.15) is 34.2 Å². The molecule has 0 atom stereocenters. The lowest BCUT2D eigenvalue weighted by atomic mass is 9.83. The van der Waals surface area contributed by atoms with Crippen molar-refractivity contribution in [3.05, 3.63) is 134 Å². The fourth-order valence-electron chi connectivity index (χ4n) is 5.31. The van der Waals surface area contributed by atoms with Crippen LogP contribution in [0.25, 0.3) is 11.6 Å². The van der Waals surface area contributed by atoms with Crippen LogP contribution >= 0.6 is 0 Å². The number of carbonyl (C=O) groups excluding carboxylic acids is 1. The number of rotatable bonds is 4. The minimum atomic E-state index is 0.213. The molecule has 2 nitrogen and oxygen atoms in total. The number of hydrogen-bond donors (Lipinski definition) is 0. The zero-order valence-corrected chi connectivity index (χ0v) is 19.3. The Labute approximate surface area is 199 Å². The number of ketones is 1. The average Bonchev–Trinajstić information content (AvgIpc) is 2.88. The molecule has 0 N–H and O–H groups in total. The largest absolute Gasteiger partial charge is 0.489 e. The quantitative estimate of drug-likeness (QED) is 0.449. The van der Waals surface area contributed by atoms with Crippen molar-refractivity contribution in [2.75, 3.05) is 0 Å². The van der Waals surface area contributed by atoms with Crippen LogP contribution in [0.4, 0.5) is 0 Å². The van der Waals surface area contributed by atoms with Crippen molar-refractivity contribution in [3.63, 3.8) is 0 Å². The molecule has 34 heavy (non-hydrogen) atoms. The Morgan fingerprint density at radius 1 is 0.765 bits per heavy atom. The molecule has 2 heteroatoms. The zero-order valence-electron chi connectivity index (χ0n) is 19.3. The number of fused-ring (bicyclic) bond motifs is 4. The van der Waals surface area contributed by atoms with Crippen LogP contribution in [0.3, 0.4) is 0 Å². The molecule has 4 aromatic rings. The van der Waals surface area contributed by atoms with E-state index in [4.69, 9.17) is 4.74 Å². The van der Waals surface area contributed by atoms with Crippen molar-refractivity contribution in [1.82, 2.24) is 0 Å². The van der Waals surface area contributed by atoms with E-state index < -0.39 is 0 Å². The number of aryl methyl sites for hydroxylation is 1. The Kier molecular flexibility index (Phi) is 5.15. The Morgan fingerprint density at radius 2 is 1.56 bits per heavy atom. The minimum absolute atomic E-state index is 0.213. The molecule has 0 amide bonds. The molecular weight excluding hydrogens is 416 g/mol. The monoisotopic (exact) mass is 442 g/mol. The molecule has 0 heterocycles. The highest BCUT2D eigenvalue weighted by Gasteiger charge is 2.23. The normalized spacial score (nSPS) is 14.0. The van der Waals surface area contributed by atoms with Crippen LogP contribution in [0, 0.1) is 17.4 Å². The van der Waals surface area contributed by atoms with E-state index in [2.05, 4.69) is 73.7 Å². The summed E-state index contributed by atoms with van der Waals surface area (Å²) in [6, 6.07) is 29.3. The molecule has 0 radical (unpaired) electrons. The van der Waals surface area contributed by atoms with Crippen molar-refractivity contribution >= 4 is 17.4 Å². The van der Waals surface area contributed by atoms with E-state index in [0.29, 0.717) is 13.0 Å². The summed E-state index contributed by atoms with van der Waals surface area (Å²) in [6.45, 7) is 2.56. The topological polar surface area (TPSA) is 26.3 Å². The van der Waals surface area contributed by atoms with E-state index >= 15 is 0 Å². The van der Waals surface area contributed by atoms with Crippen LogP contribution < -0.4 is 15.2 Å². The van der Waals surface area contributed by atoms with Gasteiger partial charge in [0.05, 0.1) is 0 Å². The molecule has 0 bridgehead atoms. The maximum absolute atomic E-state index is 13.2. The maximum Gasteiger partial charge on any atom is 0.164 e. The highest BCUT2D eigenvalue weighted by molar-refractivity contribution is 6.21. The Morgan fingerprint density at radius 3 is 2.44 bits per heavy atom. The summed E-state index contributed by atoms with van der Waals surface area (Å²) in [5.74, 6) is 1.04. The summed E-state index contributed by atoms with van der Waals surface area (Å²) in [4.78, 5) is 13.2. The highest BCUT2D eigenvalue weighted by Crippen LogP contribution is 2.28. The molecule has 0 aliphatic heterocycles. The third-order valence-electron chi connectivity index (χ3n) is 7.07. The van der Waals surface area contributed by atoms with Gasteiger partial charge in [0.25, 0.3) is 0 Å². The van der Waals surface area contributed by atoms with Gasteiger partial charge in [-0.15, -0.1) is 0 Å². The molecular formula is C32H26O2. The molecule has 0 aromatic heterocycles.